The second-order valence-corrected chi connectivity index (χ2v) is 7.37. The molecule has 5 rings (SSSR count). The zero-order valence-electron chi connectivity index (χ0n) is 13.2. The van der Waals surface area contributed by atoms with Crippen molar-refractivity contribution in [3.8, 4) is 0 Å². The van der Waals surface area contributed by atoms with Crippen molar-refractivity contribution >= 4 is 29.7 Å². The molecule has 1 N–H and O–H groups in total. The molecule has 24 heavy (non-hydrogen) atoms. The molecule has 4 nitrogen and oxygen atoms in total. The molecule has 6 heteroatoms. The first-order chi connectivity index (χ1) is 11.2. The van der Waals surface area contributed by atoms with Crippen LogP contribution in [-0.2, 0) is 0 Å². The molecule has 0 aromatic heterocycles. The summed E-state index contributed by atoms with van der Waals surface area (Å²) in [6.07, 6.45) is 0. The third kappa shape index (κ3) is 3.07. The van der Waals surface area contributed by atoms with Gasteiger partial charge in [0.05, 0.1) is 23.7 Å². The van der Waals surface area contributed by atoms with E-state index in [0.29, 0.717) is 23.9 Å². The topological polar surface area (TPSA) is 24.0 Å². The van der Waals surface area contributed by atoms with Gasteiger partial charge in [0.25, 0.3) is 0 Å². The zero-order chi connectivity index (χ0) is 16.0. The third-order valence-electron chi connectivity index (χ3n) is 5.67. The highest BCUT2D eigenvalue weighted by atomic mass is 35.5. The quantitative estimate of drug-likeness (QED) is 0.775. The summed E-state index contributed by atoms with van der Waals surface area (Å²) in [5, 5.41) is 4.03. The van der Waals surface area contributed by atoms with Gasteiger partial charge in [0.1, 0.15) is 0 Å². The van der Waals surface area contributed by atoms with Crippen molar-refractivity contribution in [2.24, 2.45) is 23.7 Å². The molecule has 2 heterocycles. The average Bonchev–Trinajstić information content (AvgIpc) is 3.24. The Kier molecular flexibility index (Phi) is 4.92. The predicted octanol–water partition coefficient (Wildman–Crippen LogP) is 3.24. The van der Waals surface area contributed by atoms with E-state index in [2.05, 4.69) is 26.0 Å². The highest BCUT2D eigenvalue weighted by Gasteiger charge is 2.62. The van der Waals surface area contributed by atoms with Crippen LogP contribution in [0.5, 0.6) is 0 Å². The van der Waals surface area contributed by atoms with Gasteiger partial charge in [-0.2, -0.15) is 0 Å². The van der Waals surface area contributed by atoms with Crippen LogP contribution in [0.1, 0.15) is 0 Å². The number of hydrogen-bond acceptors (Lipinski definition) is 2. The summed E-state index contributed by atoms with van der Waals surface area (Å²) in [6, 6.07) is 8.66. The molecule has 1 aromatic carbocycles. The first-order valence-corrected chi connectivity index (χ1v) is 8.55. The summed E-state index contributed by atoms with van der Waals surface area (Å²) in [4.78, 5) is 9.46. The maximum atomic E-state index is 7.01. The van der Waals surface area contributed by atoms with Gasteiger partial charge in [-0.15, -0.1) is 12.4 Å². The lowest BCUT2D eigenvalue weighted by atomic mass is 10.2. The monoisotopic (exact) mass is 362 g/mol. The van der Waals surface area contributed by atoms with Crippen LogP contribution in [0.2, 0.25) is 5.02 Å². The van der Waals surface area contributed by atoms with Crippen molar-refractivity contribution in [3.05, 3.63) is 52.1 Å². The van der Waals surface area contributed by atoms with Crippen molar-refractivity contribution in [1.29, 1.82) is 0 Å². The van der Waals surface area contributed by atoms with Crippen molar-refractivity contribution in [2.75, 3.05) is 31.1 Å². The SMILES string of the molecule is Cl.[C-]#[N+]C1[C@H]2CN(c3cccc(Cl)c3)C[C@@H]12.[C-]#[N+]C1[C@H]2CNC[C@@H]12. The number of benzene rings is 1. The zero-order valence-corrected chi connectivity index (χ0v) is 14.8. The maximum absolute atomic E-state index is 7.01. The Morgan fingerprint density at radius 2 is 1.58 bits per heavy atom. The van der Waals surface area contributed by atoms with Crippen LogP contribution in [0.15, 0.2) is 24.3 Å². The van der Waals surface area contributed by atoms with E-state index in [9.17, 15) is 0 Å². The Bertz CT molecular complexity index is 673. The molecule has 0 bridgehead atoms. The Morgan fingerprint density at radius 1 is 1.00 bits per heavy atom. The van der Waals surface area contributed by atoms with Crippen LogP contribution in [-0.4, -0.2) is 38.3 Å². The summed E-state index contributed by atoms with van der Waals surface area (Å²) in [6.45, 7) is 18.0. The van der Waals surface area contributed by atoms with E-state index in [1.165, 1.54) is 5.69 Å². The molecule has 2 unspecified atom stereocenters. The van der Waals surface area contributed by atoms with Crippen LogP contribution in [0, 0.1) is 36.8 Å². The highest BCUT2D eigenvalue weighted by molar-refractivity contribution is 6.30. The van der Waals surface area contributed by atoms with E-state index in [-0.39, 0.29) is 12.4 Å². The number of hydrogen-bond donors (Lipinski definition) is 1. The number of piperidine rings is 2. The minimum absolute atomic E-state index is 0. The van der Waals surface area contributed by atoms with E-state index in [4.69, 9.17) is 24.7 Å². The Balaban J connectivity index is 0.000000159. The van der Waals surface area contributed by atoms with Gasteiger partial charge in [0.2, 0.25) is 12.1 Å². The predicted molar refractivity (Wildman–Crippen MR) is 98.5 cm³/mol. The van der Waals surface area contributed by atoms with E-state index in [1.807, 2.05) is 18.2 Å². The van der Waals surface area contributed by atoms with Gasteiger partial charge in [-0.25, -0.2) is 13.1 Å². The Hall–Kier alpha value is -1.46. The lowest BCUT2D eigenvalue weighted by molar-refractivity contribution is 0.713. The maximum Gasteiger partial charge on any atom is 0.233 e. The van der Waals surface area contributed by atoms with Crippen molar-refractivity contribution in [2.45, 2.75) is 12.1 Å². The van der Waals surface area contributed by atoms with Gasteiger partial charge < -0.3 is 19.9 Å². The average molecular weight is 363 g/mol. The molecular weight excluding hydrogens is 343 g/mol. The smallest absolute Gasteiger partial charge is 0.233 e. The number of nitrogens with one attached hydrogen (secondary N) is 1. The summed E-state index contributed by atoms with van der Waals surface area (Å²) in [7, 11) is 0. The molecule has 0 amide bonds. The third-order valence-corrected chi connectivity index (χ3v) is 5.90. The Morgan fingerprint density at radius 3 is 2.08 bits per heavy atom. The van der Waals surface area contributed by atoms with Crippen LogP contribution in [0.3, 0.4) is 0 Å². The minimum Gasteiger partial charge on any atom is -0.370 e. The molecule has 0 radical (unpaired) electrons. The van der Waals surface area contributed by atoms with Gasteiger partial charge in [-0.1, -0.05) is 17.7 Å². The molecule has 2 saturated heterocycles. The van der Waals surface area contributed by atoms with Gasteiger partial charge in [0, 0.05) is 36.9 Å². The molecule has 126 valence electrons. The molecule has 1 aromatic rings. The van der Waals surface area contributed by atoms with Crippen LogP contribution in [0.25, 0.3) is 9.69 Å². The lowest BCUT2D eigenvalue weighted by Gasteiger charge is -2.20. The van der Waals surface area contributed by atoms with Crippen molar-refractivity contribution in [3.63, 3.8) is 0 Å². The normalized spacial score (nSPS) is 36.9. The van der Waals surface area contributed by atoms with E-state index in [0.717, 1.165) is 43.0 Å². The van der Waals surface area contributed by atoms with Gasteiger partial charge in [0.15, 0.2) is 0 Å². The minimum atomic E-state index is 0. The summed E-state index contributed by atoms with van der Waals surface area (Å²) in [5.74, 6) is 2.68. The largest absolute Gasteiger partial charge is 0.370 e. The Labute approximate surface area is 154 Å². The second kappa shape index (κ2) is 6.81. The van der Waals surface area contributed by atoms with Crippen LogP contribution >= 0.6 is 24.0 Å². The molecule has 4 aliphatic rings. The lowest BCUT2D eigenvalue weighted by Crippen LogP contribution is -2.24. The van der Waals surface area contributed by atoms with Gasteiger partial charge >= 0.3 is 0 Å². The van der Waals surface area contributed by atoms with Crippen molar-refractivity contribution < 1.29 is 0 Å². The van der Waals surface area contributed by atoms with Crippen LogP contribution in [0.4, 0.5) is 5.69 Å². The first kappa shape index (κ1) is 17.4. The second-order valence-electron chi connectivity index (χ2n) is 6.94. The number of fused-ring (bicyclic) bond motifs is 2. The summed E-state index contributed by atoms with van der Waals surface area (Å²) >= 11 is 5.95. The molecule has 2 aliphatic heterocycles. The van der Waals surface area contributed by atoms with Gasteiger partial charge in [-0.3, -0.25) is 0 Å². The number of anilines is 1. The summed E-state index contributed by atoms with van der Waals surface area (Å²) in [5.41, 5.74) is 1.19. The van der Waals surface area contributed by atoms with E-state index < -0.39 is 0 Å². The van der Waals surface area contributed by atoms with Crippen molar-refractivity contribution in [1.82, 2.24) is 5.32 Å². The number of nitrogens with zero attached hydrogens (tertiary/aromatic N) is 3. The fraction of sp³-hybridized carbons (Fsp3) is 0.556. The highest BCUT2D eigenvalue weighted by Crippen LogP contribution is 2.49. The van der Waals surface area contributed by atoms with Crippen LogP contribution < -0.4 is 10.2 Å². The van der Waals surface area contributed by atoms with Gasteiger partial charge in [-0.05, 0) is 18.2 Å². The first-order valence-electron chi connectivity index (χ1n) is 8.17. The molecule has 6 atom stereocenters. The molecule has 2 aliphatic carbocycles. The molecule has 4 fully saturated rings. The summed E-state index contributed by atoms with van der Waals surface area (Å²) < 4.78 is 0. The fourth-order valence-electron chi connectivity index (χ4n) is 4.15. The molecule has 0 spiro atoms. The number of rotatable bonds is 1. The molecule has 2 saturated carbocycles. The fourth-order valence-corrected chi connectivity index (χ4v) is 4.33. The standard InChI is InChI=1S/C12H11ClN2.C6H8N2.ClH/c1-14-12-10-6-15(7-11(10)12)9-4-2-3-8(13)5-9;1-7-6-4-2-8-3-5(4)6;/h2-5,10-12H,6-7H2;4-6,8H,2-3H2;1H/t10-,11+,12?;4-,5+,6?;. The van der Waals surface area contributed by atoms with E-state index >= 15 is 0 Å². The van der Waals surface area contributed by atoms with E-state index in [1.54, 1.807) is 0 Å². The number of halogens is 2. The molecular formula is C18H20Cl2N4.